The average molecular weight is 182 g/mol. The molecule has 2 heterocycles. The van der Waals surface area contributed by atoms with E-state index in [0.717, 1.165) is 12.0 Å². The summed E-state index contributed by atoms with van der Waals surface area (Å²) < 4.78 is 0. The first kappa shape index (κ1) is 9.47. The number of fused-ring (bicyclic) bond motifs is 1. The Balaban J connectivity index is 1.77. The summed E-state index contributed by atoms with van der Waals surface area (Å²) >= 11 is 0. The zero-order valence-corrected chi connectivity index (χ0v) is 8.76. The van der Waals surface area contributed by atoms with Gasteiger partial charge >= 0.3 is 0 Å². The highest BCUT2D eigenvalue weighted by Gasteiger charge is 2.32. The average Bonchev–Trinajstić information content (AvgIpc) is 2.57. The second-order valence-electron chi connectivity index (χ2n) is 4.64. The standard InChI is InChI=1S/C11H22N2/c1-12-6-5-10-8-11-4-2-3-7-13(11)9-10/h10-12H,2-9H2,1H3. The first-order valence-corrected chi connectivity index (χ1v) is 5.79. The second kappa shape index (κ2) is 4.43. The predicted molar refractivity (Wildman–Crippen MR) is 55.9 cm³/mol. The van der Waals surface area contributed by atoms with Gasteiger partial charge in [-0.05, 0) is 51.7 Å². The third-order valence-electron chi connectivity index (χ3n) is 3.65. The summed E-state index contributed by atoms with van der Waals surface area (Å²) in [5, 5.41) is 3.26. The fraction of sp³-hybridized carbons (Fsp3) is 1.00. The van der Waals surface area contributed by atoms with Crippen LogP contribution in [0.3, 0.4) is 0 Å². The van der Waals surface area contributed by atoms with Gasteiger partial charge in [-0.15, -0.1) is 0 Å². The summed E-state index contributed by atoms with van der Waals surface area (Å²) in [5.74, 6) is 0.982. The maximum atomic E-state index is 3.26. The Hall–Kier alpha value is -0.0800. The Morgan fingerprint density at radius 1 is 1.38 bits per heavy atom. The van der Waals surface area contributed by atoms with Crippen LogP contribution in [0.25, 0.3) is 0 Å². The van der Waals surface area contributed by atoms with Crippen LogP contribution in [0.5, 0.6) is 0 Å². The molecule has 2 heteroatoms. The Kier molecular flexibility index (Phi) is 3.23. The van der Waals surface area contributed by atoms with Gasteiger partial charge in [0.25, 0.3) is 0 Å². The molecule has 0 amide bonds. The number of rotatable bonds is 3. The molecule has 0 spiro atoms. The van der Waals surface area contributed by atoms with E-state index >= 15 is 0 Å². The van der Waals surface area contributed by atoms with Crippen molar-refractivity contribution in [2.75, 3.05) is 26.7 Å². The van der Waals surface area contributed by atoms with Crippen LogP contribution in [0.4, 0.5) is 0 Å². The monoisotopic (exact) mass is 182 g/mol. The Labute approximate surface area is 81.7 Å². The lowest BCUT2D eigenvalue weighted by atomic mass is 9.98. The molecule has 2 rings (SSSR count). The molecule has 0 aromatic rings. The van der Waals surface area contributed by atoms with Crippen molar-refractivity contribution in [3.63, 3.8) is 0 Å². The van der Waals surface area contributed by atoms with Crippen molar-refractivity contribution in [1.29, 1.82) is 0 Å². The summed E-state index contributed by atoms with van der Waals surface area (Å²) in [6.45, 7) is 3.96. The van der Waals surface area contributed by atoms with E-state index in [9.17, 15) is 0 Å². The van der Waals surface area contributed by atoms with Crippen molar-refractivity contribution < 1.29 is 0 Å². The zero-order valence-electron chi connectivity index (χ0n) is 8.76. The molecule has 0 bridgehead atoms. The number of nitrogens with zero attached hydrogens (tertiary/aromatic N) is 1. The summed E-state index contributed by atoms with van der Waals surface area (Å²) in [5.41, 5.74) is 0. The Bertz CT molecular complexity index is 144. The first-order chi connectivity index (χ1) is 6.40. The zero-order chi connectivity index (χ0) is 9.10. The van der Waals surface area contributed by atoms with Gasteiger partial charge in [0.15, 0.2) is 0 Å². The molecular weight excluding hydrogens is 160 g/mol. The quantitative estimate of drug-likeness (QED) is 0.711. The molecule has 0 radical (unpaired) electrons. The van der Waals surface area contributed by atoms with E-state index in [-0.39, 0.29) is 0 Å². The van der Waals surface area contributed by atoms with Crippen molar-refractivity contribution in [1.82, 2.24) is 10.2 Å². The third kappa shape index (κ3) is 2.23. The van der Waals surface area contributed by atoms with Gasteiger partial charge in [-0.1, -0.05) is 6.42 Å². The number of hydrogen-bond donors (Lipinski definition) is 1. The maximum absolute atomic E-state index is 3.26. The van der Waals surface area contributed by atoms with Crippen LogP contribution < -0.4 is 5.32 Å². The van der Waals surface area contributed by atoms with Crippen LogP contribution in [-0.2, 0) is 0 Å². The van der Waals surface area contributed by atoms with E-state index in [4.69, 9.17) is 0 Å². The highest BCUT2D eigenvalue weighted by atomic mass is 15.2. The molecule has 2 atom stereocenters. The molecule has 0 saturated carbocycles. The lowest BCUT2D eigenvalue weighted by Gasteiger charge is -2.28. The van der Waals surface area contributed by atoms with Gasteiger partial charge in [-0.25, -0.2) is 0 Å². The Morgan fingerprint density at radius 2 is 2.31 bits per heavy atom. The van der Waals surface area contributed by atoms with Gasteiger partial charge < -0.3 is 10.2 Å². The van der Waals surface area contributed by atoms with Gasteiger partial charge in [-0.2, -0.15) is 0 Å². The fourth-order valence-electron chi connectivity index (χ4n) is 2.92. The van der Waals surface area contributed by atoms with Crippen molar-refractivity contribution in [2.45, 2.75) is 38.1 Å². The van der Waals surface area contributed by atoms with Gasteiger partial charge in [0.2, 0.25) is 0 Å². The SMILES string of the molecule is CNCCC1CC2CCCCN2C1. The minimum atomic E-state index is 0.954. The first-order valence-electron chi connectivity index (χ1n) is 5.79. The van der Waals surface area contributed by atoms with Crippen molar-refractivity contribution >= 4 is 0 Å². The molecule has 0 aromatic carbocycles. The van der Waals surface area contributed by atoms with E-state index in [1.165, 1.54) is 51.7 Å². The number of hydrogen-bond acceptors (Lipinski definition) is 2. The third-order valence-corrected chi connectivity index (χ3v) is 3.65. The maximum Gasteiger partial charge on any atom is 0.00985 e. The minimum absolute atomic E-state index is 0.954. The molecule has 2 fully saturated rings. The van der Waals surface area contributed by atoms with Crippen molar-refractivity contribution in [2.24, 2.45) is 5.92 Å². The van der Waals surface area contributed by atoms with Crippen molar-refractivity contribution in [3.05, 3.63) is 0 Å². The van der Waals surface area contributed by atoms with Gasteiger partial charge in [-0.3, -0.25) is 0 Å². The molecule has 2 unspecified atom stereocenters. The summed E-state index contributed by atoms with van der Waals surface area (Å²) in [6.07, 6.45) is 7.23. The molecule has 76 valence electrons. The molecule has 2 nitrogen and oxygen atoms in total. The predicted octanol–water partition coefficient (Wildman–Crippen LogP) is 1.47. The van der Waals surface area contributed by atoms with Gasteiger partial charge in [0.05, 0.1) is 0 Å². The van der Waals surface area contributed by atoms with Crippen LogP contribution in [0.1, 0.15) is 32.1 Å². The summed E-state index contributed by atoms with van der Waals surface area (Å²) in [4.78, 5) is 2.73. The molecule has 2 saturated heterocycles. The molecule has 1 N–H and O–H groups in total. The fourth-order valence-corrected chi connectivity index (χ4v) is 2.92. The summed E-state index contributed by atoms with van der Waals surface area (Å²) in [7, 11) is 2.06. The topological polar surface area (TPSA) is 15.3 Å². The second-order valence-corrected chi connectivity index (χ2v) is 4.64. The normalized spacial score (nSPS) is 34.8. The summed E-state index contributed by atoms with van der Waals surface area (Å²) in [6, 6.07) is 0.954. The lowest BCUT2D eigenvalue weighted by molar-refractivity contribution is 0.196. The van der Waals surface area contributed by atoms with E-state index in [0.29, 0.717) is 0 Å². The number of nitrogens with one attached hydrogen (secondary N) is 1. The van der Waals surface area contributed by atoms with E-state index in [1.54, 1.807) is 0 Å². The molecule has 0 aromatic heterocycles. The van der Waals surface area contributed by atoms with E-state index in [2.05, 4.69) is 17.3 Å². The largest absolute Gasteiger partial charge is 0.320 e. The van der Waals surface area contributed by atoms with E-state index < -0.39 is 0 Å². The molecule has 13 heavy (non-hydrogen) atoms. The minimum Gasteiger partial charge on any atom is -0.320 e. The lowest BCUT2D eigenvalue weighted by Crippen LogP contribution is -2.34. The van der Waals surface area contributed by atoms with Crippen LogP contribution >= 0.6 is 0 Å². The van der Waals surface area contributed by atoms with Crippen LogP contribution in [0.2, 0.25) is 0 Å². The van der Waals surface area contributed by atoms with Gasteiger partial charge in [0.1, 0.15) is 0 Å². The van der Waals surface area contributed by atoms with Crippen molar-refractivity contribution in [3.8, 4) is 0 Å². The van der Waals surface area contributed by atoms with Crippen LogP contribution in [0.15, 0.2) is 0 Å². The van der Waals surface area contributed by atoms with Gasteiger partial charge in [0, 0.05) is 12.6 Å². The van der Waals surface area contributed by atoms with Crippen LogP contribution in [-0.4, -0.2) is 37.6 Å². The molecule has 2 aliphatic heterocycles. The van der Waals surface area contributed by atoms with Crippen LogP contribution in [0, 0.1) is 5.92 Å². The highest BCUT2D eigenvalue weighted by Crippen LogP contribution is 2.31. The molecule has 2 aliphatic rings. The van der Waals surface area contributed by atoms with E-state index in [1.807, 2.05) is 0 Å². The highest BCUT2D eigenvalue weighted by molar-refractivity contribution is 4.87. The number of piperidine rings is 1. The smallest absolute Gasteiger partial charge is 0.00985 e. The molecular formula is C11H22N2. The Morgan fingerprint density at radius 3 is 3.08 bits per heavy atom. The molecule has 0 aliphatic carbocycles.